The summed E-state index contributed by atoms with van der Waals surface area (Å²) in [6, 6.07) is 4.56. The van der Waals surface area contributed by atoms with Crippen LogP contribution in [0, 0.1) is 0 Å². The molecule has 0 aromatic carbocycles. The van der Waals surface area contributed by atoms with Crippen LogP contribution < -0.4 is 10.0 Å². The predicted molar refractivity (Wildman–Crippen MR) is 72.8 cm³/mol. The van der Waals surface area contributed by atoms with Crippen LogP contribution in [0.3, 0.4) is 0 Å². The Bertz CT molecular complexity index is 401. The molecule has 17 heavy (non-hydrogen) atoms. The van der Waals surface area contributed by atoms with Crippen LogP contribution >= 0.6 is 11.3 Å². The zero-order valence-corrected chi connectivity index (χ0v) is 11.9. The number of hydrogen-bond donors (Lipinski definition) is 2. The summed E-state index contributed by atoms with van der Waals surface area (Å²) in [6.07, 6.45) is 3.02. The van der Waals surface area contributed by atoms with Crippen LogP contribution in [-0.4, -0.2) is 27.8 Å². The molecule has 0 spiro atoms. The lowest BCUT2D eigenvalue weighted by molar-refractivity contribution is 0.514. The first-order chi connectivity index (χ1) is 8.03. The van der Waals surface area contributed by atoms with Crippen molar-refractivity contribution in [1.82, 2.24) is 10.0 Å². The van der Waals surface area contributed by atoms with E-state index in [9.17, 15) is 8.42 Å². The van der Waals surface area contributed by atoms with Gasteiger partial charge < -0.3 is 5.32 Å². The Labute approximate surface area is 107 Å². The fourth-order valence-corrected chi connectivity index (χ4v) is 2.96. The maximum atomic E-state index is 10.8. The molecule has 0 aliphatic carbocycles. The highest BCUT2D eigenvalue weighted by molar-refractivity contribution is 7.88. The predicted octanol–water partition coefficient (Wildman–Crippen LogP) is 1.73. The lowest BCUT2D eigenvalue weighted by Crippen LogP contribution is -2.27. The van der Waals surface area contributed by atoms with E-state index in [1.165, 1.54) is 11.1 Å². The summed E-state index contributed by atoms with van der Waals surface area (Å²) < 4.78 is 24.2. The maximum absolute atomic E-state index is 10.8. The van der Waals surface area contributed by atoms with Crippen LogP contribution in [0.2, 0.25) is 0 Å². The number of hydrogen-bond acceptors (Lipinski definition) is 4. The van der Waals surface area contributed by atoms with Crippen molar-refractivity contribution in [2.75, 3.05) is 19.3 Å². The van der Waals surface area contributed by atoms with Crippen molar-refractivity contribution >= 4 is 21.4 Å². The first-order valence-corrected chi connectivity index (χ1v) is 8.51. The van der Waals surface area contributed by atoms with Crippen LogP contribution in [0.1, 0.15) is 30.7 Å². The highest BCUT2D eigenvalue weighted by atomic mass is 32.2. The van der Waals surface area contributed by atoms with Gasteiger partial charge in [0.1, 0.15) is 0 Å². The van der Waals surface area contributed by atoms with Gasteiger partial charge in [0.25, 0.3) is 0 Å². The van der Waals surface area contributed by atoms with E-state index in [2.05, 4.69) is 34.5 Å². The first kappa shape index (κ1) is 14.6. The number of thiophene rings is 1. The number of rotatable bonds is 8. The molecule has 98 valence electrons. The molecular weight excluding hydrogens is 256 g/mol. The quantitative estimate of drug-likeness (QED) is 0.711. The van der Waals surface area contributed by atoms with E-state index >= 15 is 0 Å². The van der Waals surface area contributed by atoms with Crippen LogP contribution in [0.4, 0.5) is 0 Å². The molecule has 1 atom stereocenters. The molecule has 0 saturated heterocycles. The minimum Gasteiger partial charge on any atom is -0.309 e. The lowest BCUT2D eigenvalue weighted by atomic mass is 10.2. The van der Waals surface area contributed by atoms with Crippen LogP contribution in [0.15, 0.2) is 17.5 Å². The van der Waals surface area contributed by atoms with Crippen molar-refractivity contribution in [3.05, 3.63) is 22.4 Å². The second-order valence-electron chi connectivity index (χ2n) is 3.95. The average molecular weight is 276 g/mol. The highest BCUT2D eigenvalue weighted by Gasteiger charge is 2.08. The van der Waals surface area contributed by atoms with Gasteiger partial charge >= 0.3 is 0 Å². The summed E-state index contributed by atoms with van der Waals surface area (Å²) in [4.78, 5) is 1.34. The van der Waals surface area contributed by atoms with Gasteiger partial charge in [-0.3, -0.25) is 0 Å². The van der Waals surface area contributed by atoms with Gasteiger partial charge in [0.2, 0.25) is 10.0 Å². The zero-order chi connectivity index (χ0) is 12.7. The van der Waals surface area contributed by atoms with E-state index in [0.717, 1.165) is 19.4 Å². The van der Waals surface area contributed by atoms with E-state index in [0.29, 0.717) is 12.6 Å². The molecule has 4 nitrogen and oxygen atoms in total. The maximum Gasteiger partial charge on any atom is 0.208 e. The Balaban J connectivity index is 2.21. The van der Waals surface area contributed by atoms with E-state index in [1.807, 2.05) is 0 Å². The molecule has 1 aromatic rings. The average Bonchev–Trinajstić information content (AvgIpc) is 2.75. The molecular formula is C11H20N2O2S2. The molecule has 0 aliphatic heterocycles. The Morgan fingerprint density at radius 1 is 1.41 bits per heavy atom. The van der Waals surface area contributed by atoms with Gasteiger partial charge in [0, 0.05) is 17.5 Å². The summed E-state index contributed by atoms with van der Waals surface area (Å²) in [5, 5.41) is 5.51. The second kappa shape index (κ2) is 7.10. The molecule has 2 N–H and O–H groups in total. The molecule has 1 unspecified atom stereocenters. The van der Waals surface area contributed by atoms with Gasteiger partial charge in [-0.1, -0.05) is 13.0 Å². The lowest BCUT2D eigenvalue weighted by Gasteiger charge is -2.15. The fraction of sp³-hybridized carbons (Fsp3) is 0.636. The van der Waals surface area contributed by atoms with Gasteiger partial charge in [0.15, 0.2) is 0 Å². The van der Waals surface area contributed by atoms with E-state index in [1.54, 1.807) is 11.3 Å². The van der Waals surface area contributed by atoms with Crippen molar-refractivity contribution in [3.8, 4) is 0 Å². The van der Waals surface area contributed by atoms with Crippen molar-refractivity contribution < 1.29 is 8.42 Å². The van der Waals surface area contributed by atoms with Gasteiger partial charge in [-0.05, 0) is 30.8 Å². The van der Waals surface area contributed by atoms with Crippen LogP contribution in [0.5, 0.6) is 0 Å². The summed E-state index contributed by atoms with van der Waals surface area (Å²) in [5.41, 5.74) is 0. The Kier molecular flexibility index (Phi) is 6.11. The Morgan fingerprint density at radius 2 is 2.18 bits per heavy atom. The molecule has 0 bridgehead atoms. The van der Waals surface area contributed by atoms with Crippen molar-refractivity contribution in [2.24, 2.45) is 0 Å². The Morgan fingerprint density at radius 3 is 2.71 bits per heavy atom. The topological polar surface area (TPSA) is 58.2 Å². The number of sulfonamides is 1. The summed E-state index contributed by atoms with van der Waals surface area (Å²) in [7, 11) is -3.05. The van der Waals surface area contributed by atoms with E-state index in [-0.39, 0.29) is 0 Å². The second-order valence-corrected chi connectivity index (χ2v) is 6.76. The van der Waals surface area contributed by atoms with Crippen molar-refractivity contribution in [3.63, 3.8) is 0 Å². The third kappa shape index (κ3) is 6.16. The molecule has 1 aromatic heterocycles. The van der Waals surface area contributed by atoms with Crippen LogP contribution in [0.25, 0.3) is 0 Å². The SMILES string of the molecule is CCC(NCCCNS(C)(=O)=O)c1cccs1. The molecule has 1 heterocycles. The number of nitrogens with one attached hydrogen (secondary N) is 2. The van der Waals surface area contributed by atoms with Crippen LogP contribution in [-0.2, 0) is 10.0 Å². The smallest absolute Gasteiger partial charge is 0.208 e. The summed E-state index contributed by atoms with van der Waals surface area (Å²) >= 11 is 1.75. The molecule has 6 heteroatoms. The molecule has 0 amide bonds. The summed E-state index contributed by atoms with van der Waals surface area (Å²) in [5.74, 6) is 0. The Hall–Kier alpha value is -0.430. The molecule has 0 saturated carbocycles. The first-order valence-electron chi connectivity index (χ1n) is 5.74. The molecule has 0 radical (unpaired) electrons. The molecule has 0 aliphatic rings. The highest BCUT2D eigenvalue weighted by Crippen LogP contribution is 2.21. The zero-order valence-electron chi connectivity index (χ0n) is 10.3. The third-order valence-electron chi connectivity index (χ3n) is 2.40. The van der Waals surface area contributed by atoms with E-state index < -0.39 is 10.0 Å². The monoisotopic (exact) mass is 276 g/mol. The van der Waals surface area contributed by atoms with Gasteiger partial charge in [-0.2, -0.15) is 0 Å². The molecule has 0 fully saturated rings. The van der Waals surface area contributed by atoms with Crippen molar-refractivity contribution in [2.45, 2.75) is 25.8 Å². The van der Waals surface area contributed by atoms with Crippen molar-refractivity contribution in [1.29, 1.82) is 0 Å². The molecule has 1 rings (SSSR count). The third-order valence-corrected chi connectivity index (χ3v) is 4.12. The summed E-state index contributed by atoms with van der Waals surface area (Å²) in [6.45, 7) is 3.46. The minimum atomic E-state index is -3.05. The minimum absolute atomic E-state index is 0.383. The van der Waals surface area contributed by atoms with Gasteiger partial charge in [0.05, 0.1) is 6.26 Å². The standard InChI is InChI=1S/C11H20N2O2S2/c1-3-10(11-6-4-9-16-11)12-7-5-8-13-17(2,14)15/h4,6,9-10,12-13H,3,5,7-8H2,1-2H3. The van der Waals surface area contributed by atoms with Gasteiger partial charge in [-0.25, -0.2) is 13.1 Å². The normalized spacial score (nSPS) is 13.8. The largest absolute Gasteiger partial charge is 0.309 e. The van der Waals surface area contributed by atoms with E-state index in [4.69, 9.17) is 0 Å². The fourth-order valence-electron chi connectivity index (χ4n) is 1.56. The van der Waals surface area contributed by atoms with Gasteiger partial charge in [-0.15, -0.1) is 11.3 Å².